The zero-order chi connectivity index (χ0) is 14.3. The van der Waals surface area contributed by atoms with Gasteiger partial charge in [-0.3, -0.25) is 0 Å². The molecule has 1 atom stereocenters. The topological polar surface area (TPSA) is 18.5 Å². The van der Waals surface area contributed by atoms with Crippen LogP contribution in [-0.2, 0) is 6.42 Å². The molecule has 0 spiro atoms. The first kappa shape index (κ1) is 15.9. The molecular weight excluding hydrogens is 236 g/mol. The van der Waals surface area contributed by atoms with Crippen LogP contribution in [-0.4, -0.2) is 14.2 Å². The summed E-state index contributed by atoms with van der Waals surface area (Å²) in [5, 5.41) is 0. The summed E-state index contributed by atoms with van der Waals surface area (Å²) in [6, 6.07) is 5.99. The van der Waals surface area contributed by atoms with E-state index < -0.39 is 0 Å². The van der Waals surface area contributed by atoms with Gasteiger partial charge in [0.1, 0.15) is 11.5 Å². The molecular formula is C17H28O2. The first-order chi connectivity index (χ1) is 9.08. The number of hydrogen-bond acceptors (Lipinski definition) is 2. The Morgan fingerprint density at radius 1 is 1.00 bits per heavy atom. The number of ether oxygens (including phenoxy) is 2. The molecule has 0 bridgehead atoms. The van der Waals surface area contributed by atoms with Crippen LogP contribution in [0.3, 0.4) is 0 Å². The molecule has 1 aromatic rings. The van der Waals surface area contributed by atoms with Crippen LogP contribution in [0.1, 0.15) is 45.6 Å². The van der Waals surface area contributed by atoms with Crippen LogP contribution in [0.2, 0.25) is 0 Å². The number of benzene rings is 1. The molecule has 0 saturated carbocycles. The third kappa shape index (κ3) is 5.14. The lowest BCUT2D eigenvalue weighted by molar-refractivity contribution is 0.377. The van der Waals surface area contributed by atoms with Gasteiger partial charge in [0, 0.05) is 5.56 Å². The summed E-state index contributed by atoms with van der Waals surface area (Å²) in [6.07, 6.45) is 4.78. The van der Waals surface area contributed by atoms with Crippen molar-refractivity contribution in [1.82, 2.24) is 0 Å². The molecule has 19 heavy (non-hydrogen) atoms. The van der Waals surface area contributed by atoms with Crippen LogP contribution < -0.4 is 9.47 Å². The van der Waals surface area contributed by atoms with E-state index >= 15 is 0 Å². The van der Waals surface area contributed by atoms with E-state index in [4.69, 9.17) is 9.47 Å². The Morgan fingerprint density at radius 2 is 1.58 bits per heavy atom. The summed E-state index contributed by atoms with van der Waals surface area (Å²) >= 11 is 0. The van der Waals surface area contributed by atoms with E-state index in [0.717, 1.165) is 29.8 Å². The highest BCUT2D eigenvalue weighted by Gasteiger charge is 2.11. The molecule has 0 aliphatic rings. The summed E-state index contributed by atoms with van der Waals surface area (Å²) in [5.41, 5.74) is 1.20. The maximum atomic E-state index is 5.43. The fraction of sp³-hybridized carbons (Fsp3) is 0.647. The standard InChI is InChI=1S/C17H28O2/c1-13(2)12-14(3)8-6-9-15-16(18-4)10-7-11-17(15)19-5/h7,10-11,13-14H,6,8-9,12H2,1-5H3. The second-order valence-corrected chi connectivity index (χ2v) is 5.77. The maximum Gasteiger partial charge on any atom is 0.125 e. The highest BCUT2D eigenvalue weighted by Crippen LogP contribution is 2.30. The average molecular weight is 264 g/mol. The van der Waals surface area contributed by atoms with E-state index in [-0.39, 0.29) is 0 Å². The van der Waals surface area contributed by atoms with Crippen molar-refractivity contribution >= 4 is 0 Å². The molecule has 108 valence electrons. The predicted octanol–water partition coefficient (Wildman–Crippen LogP) is 4.71. The van der Waals surface area contributed by atoms with E-state index in [9.17, 15) is 0 Å². The zero-order valence-electron chi connectivity index (χ0n) is 13.0. The first-order valence-electron chi connectivity index (χ1n) is 7.28. The Morgan fingerprint density at radius 3 is 2.05 bits per heavy atom. The Balaban J connectivity index is 2.57. The molecule has 0 fully saturated rings. The van der Waals surface area contributed by atoms with Crippen molar-refractivity contribution in [2.45, 2.75) is 46.5 Å². The Kier molecular flexibility index (Phi) is 6.75. The predicted molar refractivity (Wildman–Crippen MR) is 81.1 cm³/mol. The summed E-state index contributed by atoms with van der Waals surface area (Å²) < 4.78 is 10.9. The van der Waals surface area contributed by atoms with Gasteiger partial charge in [-0.1, -0.05) is 33.3 Å². The number of methoxy groups -OCH3 is 2. The van der Waals surface area contributed by atoms with Crippen molar-refractivity contribution in [3.8, 4) is 11.5 Å². The number of hydrogen-bond donors (Lipinski definition) is 0. The Hall–Kier alpha value is -1.18. The zero-order valence-corrected chi connectivity index (χ0v) is 13.0. The van der Waals surface area contributed by atoms with Gasteiger partial charge in [0.15, 0.2) is 0 Å². The molecule has 0 saturated heterocycles. The molecule has 0 amide bonds. The van der Waals surface area contributed by atoms with E-state index in [1.54, 1.807) is 14.2 Å². The van der Waals surface area contributed by atoms with Gasteiger partial charge in [-0.15, -0.1) is 0 Å². The first-order valence-corrected chi connectivity index (χ1v) is 7.28. The molecule has 0 aromatic heterocycles. The largest absolute Gasteiger partial charge is 0.496 e. The third-order valence-electron chi connectivity index (χ3n) is 3.53. The van der Waals surface area contributed by atoms with Crippen molar-refractivity contribution in [2.75, 3.05) is 14.2 Å². The average Bonchev–Trinajstić information content (AvgIpc) is 2.37. The molecule has 1 unspecified atom stereocenters. The monoisotopic (exact) mass is 264 g/mol. The van der Waals surface area contributed by atoms with E-state index in [1.807, 2.05) is 18.2 Å². The summed E-state index contributed by atoms with van der Waals surface area (Å²) in [5.74, 6) is 3.46. The Bertz CT molecular complexity index is 349. The SMILES string of the molecule is COc1cccc(OC)c1CCCC(C)CC(C)C. The lowest BCUT2D eigenvalue weighted by atomic mass is 9.93. The second kappa shape index (κ2) is 8.08. The normalized spacial score (nSPS) is 12.5. The fourth-order valence-corrected chi connectivity index (χ4v) is 2.72. The van der Waals surface area contributed by atoms with Crippen molar-refractivity contribution < 1.29 is 9.47 Å². The van der Waals surface area contributed by atoms with Gasteiger partial charge in [-0.05, 0) is 43.2 Å². The van der Waals surface area contributed by atoms with Gasteiger partial charge >= 0.3 is 0 Å². The van der Waals surface area contributed by atoms with Gasteiger partial charge in [0.25, 0.3) is 0 Å². The van der Waals surface area contributed by atoms with Gasteiger partial charge in [-0.25, -0.2) is 0 Å². The molecule has 2 nitrogen and oxygen atoms in total. The van der Waals surface area contributed by atoms with Crippen LogP contribution in [0.4, 0.5) is 0 Å². The van der Waals surface area contributed by atoms with Gasteiger partial charge in [-0.2, -0.15) is 0 Å². The van der Waals surface area contributed by atoms with Crippen LogP contribution in [0.25, 0.3) is 0 Å². The van der Waals surface area contributed by atoms with Crippen molar-refractivity contribution in [2.24, 2.45) is 11.8 Å². The minimum absolute atomic E-state index is 0.788. The molecule has 0 aliphatic carbocycles. The molecule has 0 radical (unpaired) electrons. The van der Waals surface area contributed by atoms with Crippen LogP contribution in [0, 0.1) is 11.8 Å². The number of rotatable bonds is 8. The molecule has 1 rings (SSSR count). The second-order valence-electron chi connectivity index (χ2n) is 5.77. The van der Waals surface area contributed by atoms with Crippen molar-refractivity contribution in [3.63, 3.8) is 0 Å². The van der Waals surface area contributed by atoms with Gasteiger partial charge in [0.05, 0.1) is 14.2 Å². The third-order valence-corrected chi connectivity index (χ3v) is 3.53. The van der Waals surface area contributed by atoms with Crippen LogP contribution >= 0.6 is 0 Å². The lowest BCUT2D eigenvalue weighted by Crippen LogP contribution is -2.02. The van der Waals surface area contributed by atoms with Gasteiger partial charge < -0.3 is 9.47 Å². The molecule has 0 heterocycles. The summed E-state index contributed by atoms with van der Waals surface area (Å²) in [6.45, 7) is 6.93. The van der Waals surface area contributed by atoms with E-state index in [2.05, 4.69) is 20.8 Å². The summed E-state index contributed by atoms with van der Waals surface area (Å²) in [7, 11) is 3.44. The quantitative estimate of drug-likeness (QED) is 0.677. The smallest absolute Gasteiger partial charge is 0.125 e. The molecule has 0 aliphatic heterocycles. The molecule has 1 aromatic carbocycles. The summed E-state index contributed by atoms with van der Waals surface area (Å²) in [4.78, 5) is 0. The minimum atomic E-state index is 0.788. The van der Waals surface area contributed by atoms with E-state index in [1.165, 1.54) is 24.8 Å². The van der Waals surface area contributed by atoms with Gasteiger partial charge in [0.2, 0.25) is 0 Å². The van der Waals surface area contributed by atoms with E-state index in [0.29, 0.717) is 0 Å². The van der Waals surface area contributed by atoms with Crippen molar-refractivity contribution in [1.29, 1.82) is 0 Å². The minimum Gasteiger partial charge on any atom is -0.496 e. The van der Waals surface area contributed by atoms with Crippen LogP contribution in [0.15, 0.2) is 18.2 Å². The molecule has 2 heteroatoms. The lowest BCUT2D eigenvalue weighted by Gasteiger charge is -2.16. The fourth-order valence-electron chi connectivity index (χ4n) is 2.72. The molecule has 0 N–H and O–H groups in total. The maximum absolute atomic E-state index is 5.43. The highest BCUT2D eigenvalue weighted by atomic mass is 16.5. The van der Waals surface area contributed by atoms with Crippen molar-refractivity contribution in [3.05, 3.63) is 23.8 Å². The van der Waals surface area contributed by atoms with Crippen LogP contribution in [0.5, 0.6) is 11.5 Å². The highest BCUT2D eigenvalue weighted by molar-refractivity contribution is 5.44. The Labute approximate surface area is 118 Å².